The van der Waals surface area contributed by atoms with E-state index in [9.17, 15) is 13.2 Å². The maximum absolute atomic E-state index is 12.1. The van der Waals surface area contributed by atoms with E-state index in [0.29, 0.717) is 16.9 Å². The zero-order valence-corrected chi connectivity index (χ0v) is 12.7. The molecule has 0 spiro atoms. The monoisotopic (exact) mass is 307 g/mol. The number of carbonyl (C=O) groups excluding carboxylic acids is 1. The number of rotatable bonds is 5. The van der Waals surface area contributed by atoms with Crippen LogP contribution < -0.4 is 5.32 Å². The van der Waals surface area contributed by atoms with E-state index in [1.807, 2.05) is 6.92 Å². The Morgan fingerprint density at radius 2 is 1.90 bits per heavy atom. The molecular formula is C15H17NO4S. The van der Waals surface area contributed by atoms with E-state index in [4.69, 9.17) is 4.42 Å². The number of sulfone groups is 1. The highest BCUT2D eigenvalue weighted by atomic mass is 32.2. The Balaban J connectivity index is 2.03. The molecule has 1 amide bonds. The molecule has 5 nitrogen and oxygen atoms in total. The molecule has 21 heavy (non-hydrogen) atoms. The SMILES string of the molecule is C[C@@H](NC(=O)c1ccc(CS(C)(=O)=O)cc1)c1ccco1. The first kappa shape index (κ1) is 15.3. The molecule has 0 aliphatic carbocycles. The van der Waals surface area contributed by atoms with Crippen LogP contribution in [0.4, 0.5) is 0 Å². The molecule has 0 unspecified atom stereocenters. The van der Waals surface area contributed by atoms with Crippen molar-refractivity contribution < 1.29 is 17.6 Å². The van der Waals surface area contributed by atoms with Gasteiger partial charge in [-0.05, 0) is 36.8 Å². The van der Waals surface area contributed by atoms with Crippen LogP contribution in [0.25, 0.3) is 0 Å². The zero-order valence-electron chi connectivity index (χ0n) is 11.9. The number of hydrogen-bond donors (Lipinski definition) is 1. The third kappa shape index (κ3) is 4.46. The number of furan rings is 1. The van der Waals surface area contributed by atoms with E-state index in [1.165, 1.54) is 6.26 Å². The highest BCUT2D eigenvalue weighted by Gasteiger charge is 2.13. The van der Waals surface area contributed by atoms with Crippen molar-refractivity contribution >= 4 is 15.7 Å². The van der Waals surface area contributed by atoms with Crippen molar-refractivity contribution in [1.82, 2.24) is 5.32 Å². The van der Waals surface area contributed by atoms with E-state index in [0.717, 1.165) is 0 Å². The Labute approximate surface area is 123 Å². The summed E-state index contributed by atoms with van der Waals surface area (Å²) in [5.41, 5.74) is 1.14. The second kappa shape index (κ2) is 6.13. The van der Waals surface area contributed by atoms with Crippen LogP contribution >= 0.6 is 0 Å². The summed E-state index contributed by atoms with van der Waals surface area (Å²) >= 11 is 0. The molecule has 1 aromatic heterocycles. The van der Waals surface area contributed by atoms with E-state index in [-0.39, 0.29) is 17.7 Å². The van der Waals surface area contributed by atoms with E-state index < -0.39 is 9.84 Å². The first-order valence-electron chi connectivity index (χ1n) is 6.46. The number of hydrogen-bond acceptors (Lipinski definition) is 4. The lowest BCUT2D eigenvalue weighted by molar-refractivity contribution is 0.0935. The molecule has 6 heteroatoms. The number of carbonyl (C=O) groups is 1. The highest BCUT2D eigenvalue weighted by molar-refractivity contribution is 7.89. The van der Waals surface area contributed by atoms with E-state index in [2.05, 4.69) is 5.32 Å². The Morgan fingerprint density at radius 3 is 2.43 bits per heavy atom. The molecule has 0 fully saturated rings. The van der Waals surface area contributed by atoms with Gasteiger partial charge in [0.05, 0.1) is 18.1 Å². The predicted molar refractivity (Wildman–Crippen MR) is 79.6 cm³/mol. The fourth-order valence-electron chi connectivity index (χ4n) is 1.94. The molecule has 2 aromatic rings. The summed E-state index contributed by atoms with van der Waals surface area (Å²) in [4.78, 5) is 12.1. The summed E-state index contributed by atoms with van der Waals surface area (Å²) in [6.07, 6.45) is 2.73. The Morgan fingerprint density at radius 1 is 1.24 bits per heavy atom. The number of benzene rings is 1. The fraction of sp³-hybridized carbons (Fsp3) is 0.267. The molecule has 1 N–H and O–H groups in total. The molecule has 1 heterocycles. The second-order valence-corrected chi connectivity index (χ2v) is 7.12. The number of nitrogens with one attached hydrogen (secondary N) is 1. The smallest absolute Gasteiger partial charge is 0.251 e. The minimum Gasteiger partial charge on any atom is -0.467 e. The molecule has 1 aromatic carbocycles. The molecule has 0 radical (unpaired) electrons. The average molecular weight is 307 g/mol. The van der Waals surface area contributed by atoms with Crippen LogP contribution in [0.15, 0.2) is 47.1 Å². The first-order valence-corrected chi connectivity index (χ1v) is 8.52. The normalized spacial score (nSPS) is 12.9. The molecule has 2 rings (SSSR count). The van der Waals surface area contributed by atoms with Gasteiger partial charge in [0, 0.05) is 11.8 Å². The van der Waals surface area contributed by atoms with Crippen LogP contribution in [0.1, 0.15) is 34.6 Å². The fourth-order valence-corrected chi connectivity index (χ4v) is 2.74. The van der Waals surface area contributed by atoms with Crippen molar-refractivity contribution in [1.29, 1.82) is 0 Å². The highest BCUT2D eigenvalue weighted by Crippen LogP contribution is 2.14. The Bertz CT molecular complexity index is 703. The molecule has 1 atom stereocenters. The van der Waals surface area contributed by atoms with Crippen molar-refractivity contribution in [3.05, 3.63) is 59.5 Å². The summed E-state index contributed by atoms with van der Waals surface area (Å²) in [6.45, 7) is 1.83. The van der Waals surface area contributed by atoms with E-state index in [1.54, 1.807) is 42.7 Å². The summed E-state index contributed by atoms with van der Waals surface area (Å²) in [5, 5.41) is 2.82. The average Bonchev–Trinajstić information content (AvgIpc) is 2.91. The van der Waals surface area contributed by atoms with Gasteiger partial charge in [0.2, 0.25) is 0 Å². The predicted octanol–water partition coefficient (Wildman–Crippen LogP) is 2.32. The van der Waals surface area contributed by atoms with Crippen LogP contribution in [0.3, 0.4) is 0 Å². The molecule has 0 saturated heterocycles. The Kier molecular flexibility index (Phi) is 4.47. The van der Waals surface area contributed by atoms with Crippen LogP contribution in [-0.2, 0) is 15.6 Å². The van der Waals surface area contributed by atoms with Gasteiger partial charge in [-0.25, -0.2) is 8.42 Å². The lowest BCUT2D eigenvalue weighted by Gasteiger charge is -2.11. The van der Waals surface area contributed by atoms with Crippen molar-refractivity contribution in [2.75, 3.05) is 6.26 Å². The second-order valence-electron chi connectivity index (χ2n) is 4.98. The lowest BCUT2D eigenvalue weighted by Crippen LogP contribution is -2.26. The summed E-state index contributed by atoms with van der Waals surface area (Å²) in [6, 6.07) is 9.84. The van der Waals surface area contributed by atoms with Gasteiger partial charge in [-0.2, -0.15) is 0 Å². The molecular weight excluding hydrogens is 290 g/mol. The van der Waals surface area contributed by atoms with Gasteiger partial charge < -0.3 is 9.73 Å². The first-order chi connectivity index (χ1) is 9.85. The quantitative estimate of drug-likeness (QED) is 0.919. The van der Waals surface area contributed by atoms with Crippen LogP contribution in [0.5, 0.6) is 0 Å². The molecule has 0 saturated carbocycles. The van der Waals surface area contributed by atoms with Gasteiger partial charge in [0.25, 0.3) is 5.91 Å². The minimum atomic E-state index is -3.07. The zero-order chi connectivity index (χ0) is 15.5. The Hall–Kier alpha value is -2.08. The molecule has 0 aliphatic rings. The van der Waals surface area contributed by atoms with Gasteiger partial charge in [-0.3, -0.25) is 4.79 Å². The van der Waals surface area contributed by atoms with E-state index >= 15 is 0 Å². The van der Waals surface area contributed by atoms with Crippen molar-refractivity contribution in [2.45, 2.75) is 18.7 Å². The van der Waals surface area contributed by atoms with Crippen molar-refractivity contribution in [3.63, 3.8) is 0 Å². The van der Waals surface area contributed by atoms with Gasteiger partial charge >= 0.3 is 0 Å². The maximum Gasteiger partial charge on any atom is 0.251 e. The standard InChI is InChI=1S/C15H17NO4S/c1-11(14-4-3-9-20-14)16-15(17)13-7-5-12(6-8-13)10-21(2,18)19/h3-9,11H,10H2,1-2H3,(H,16,17)/t11-/m1/s1. The third-order valence-electron chi connectivity index (χ3n) is 2.96. The lowest BCUT2D eigenvalue weighted by atomic mass is 10.1. The van der Waals surface area contributed by atoms with Crippen LogP contribution in [0, 0.1) is 0 Å². The van der Waals surface area contributed by atoms with Gasteiger partial charge in [-0.15, -0.1) is 0 Å². The van der Waals surface area contributed by atoms with Crippen molar-refractivity contribution in [2.24, 2.45) is 0 Å². The van der Waals surface area contributed by atoms with Gasteiger partial charge in [0.15, 0.2) is 9.84 Å². The van der Waals surface area contributed by atoms with Gasteiger partial charge in [0.1, 0.15) is 5.76 Å². The summed E-state index contributed by atoms with van der Waals surface area (Å²) in [5.74, 6) is 0.416. The third-order valence-corrected chi connectivity index (χ3v) is 3.82. The maximum atomic E-state index is 12.1. The molecule has 0 aliphatic heterocycles. The van der Waals surface area contributed by atoms with Gasteiger partial charge in [-0.1, -0.05) is 12.1 Å². The van der Waals surface area contributed by atoms with Crippen molar-refractivity contribution in [3.8, 4) is 0 Å². The molecule has 112 valence electrons. The molecule has 0 bridgehead atoms. The number of amides is 1. The van der Waals surface area contributed by atoms with Crippen LogP contribution in [-0.4, -0.2) is 20.6 Å². The van der Waals surface area contributed by atoms with Crippen LogP contribution in [0.2, 0.25) is 0 Å². The minimum absolute atomic E-state index is 0.0301. The summed E-state index contributed by atoms with van der Waals surface area (Å²) in [7, 11) is -3.07. The summed E-state index contributed by atoms with van der Waals surface area (Å²) < 4.78 is 27.6. The largest absolute Gasteiger partial charge is 0.467 e. The topological polar surface area (TPSA) is 76.4 Å².